The SMILES string of the molecule is C[NH+](C)CCCNC(=O)C1CCN(C(=O)c2ccco2)CC1. The summed E-state index contributed by atoms with van der Waals surface area (Å²) >= 11 is 0. The summed E-state index contributed by atoms with van der Waals surface area (Å²) in [5, 5.41) is 3.01. The first-order chi connectivity index (χ1) is 10.6. The van der Waals surface area contributed by atoms with Crippen LogP contribution in [-0.2, 0) is 4.79 Å². The average Bonchev–Trinajstić information content (AvgIpc) is 3.05. The van der Waals surface area contributed by atoms with Crippen LogP contribution in [0.25, 0.3) is 0 Å². The van der Waals surface area contributed by atoms with E-state index in [0.717, 1.165) is 32.4 Å². The summed E-state index contributed by atoms with van der Waals surface area (Å²) < 4.78 is 5.14. The first kappa shape index (κ1) is 16.5. The van der Waals surface area contributed by atoms with Crippen LogP contribution in [-0.4, -0.2) is 57.0 Å². The van der Waals surface area contributed by atoms with Crippen molar-refractivity contribution in [2.45, 2.75) is 19.3 Å². The van der Waals surface area contributed by atoms with E-state index >= 15 is 0 Å². The van der Waals surface area contributed by atoms with Gasteiger partial charge in [-0.15, -0.1) is 0 Å². The number of carbonyl (C=O) groups is 2. The summed E-state index contributed by atoms with van der Waals surface area (Å²) in [6.45, 7) is 3.00. The Hall–Kier alpha value is -1.82. The van der Waals surface area contributed by atoms with Gasteiger partial charge in [-0.25, -0.2) is 0 Å². The highest BCUT2D eigenvalue weighted by Gasteiger charge is 2.28. The lowest BCUT2D eigenvalue weighted by atomic mass is 9.95. The molecular formula is C16H26N3O3+. The molecule has 2 heterocycles. The van der Waals surface area contributed by atoms with Crippen LogP contribution >= 0.6 is 0 Å². The summed E-state index contributed by atoms with van der Waals surface area (Å²) in [5.74, 6) is 0.429. The predicted molar refractivity (Wildman–Crippen MR) is 82.6 cm³/mol. The maximum atomic E-state index is 12.1. The lowest BCUT2D eigenvalue weighted by Crippen LogP contribution is -3.05. The zero-order valence-electron chi connectivity index (χ0n) is 13.4. The number of nitrogens with one attached hydrogen (secondary N) is 2. The highest BCUT2D eigenvalue weighted by Crippen LogP contribution is 2.19. The van der Waals surface area contributed by atoms with Gasteiger partial charge in [0, 0.05) is 32.0 Å². The third kappa shape index (κ3) is 4.59. The molecule has 1 aromatic heterocycles. The van der Waals surface area contributed by atoms with Crippen LogP contribution in [0, 0.1) is 5.92 Å². The van der Waals surface area contributed by atoms with Crippen molar-refractivity contribution < 1.29 is 18.9 Å². The second kappa shape index (κ2) is 7.98. The number of piperidine rings is 1. The minimum Gasteiger partial charge on any atom is -0.459 e. The Morgan fingerprint density at radius 2 is 2.09 bits per heavy atom. The van der Waals surface area contributed by atoms with E-state index < -0.39 is 0 Å². The molecule has 0 saturated carbocycles. The molecular weight excluding hydrogens is 282 g/mol. The Kier molecular flexibility index (Phi) is 6.00. The monoisotopic (exact) mass is 308 g/mol. The van der Waals surface area contributed by atoms with E-state index in [1.807, 2.05) is 0 Å². The molecule has 0 spiro atoms. The number of amides is 2. The first-order valence-electron chi connectivity index (χ1n) is 7.97. The molecule has 0 radical (unpaired) electrons. The van der Waals surface area contributed by atoms with Gasteiger partial charge in [-0.2, -0.15) is 0 Å². The maximum absolute atomic E-state index is 12.1. The molecule has 0 aromatic carbocycles. The van der Waals surface area contributed by atoms with Gasteiger partial charge in [0.1, 0.15) is 0 Å². The van der Waals surface area contributed by atoms with Gasteiger partial charge in [0.25, 0.3) is 5.91 Å². The molecule has 6 heteroatoms. The topological polar surface area (TPSA) is 67.0 Å². The van der Waals surface area contributed by atoms with Crippen molar-refractivity contribution in [3.63, 3.8) is 0 Å². The van der Waals surface area contributed by atoms with Crippen molar-refractivity contribution in [2.75, 3.05) is 40.3 Å². The van der Waals surface area contributed by atoms with E-state index in [4.69, 9.17) is 4.42 Å². The predicted octanol–water partition coefficient (Wildman–Crippen LogP) is -0.217. The number of likely N-dealkylation sites (tertiary alicyclic amines) is 1. The lowest BCUT2D eigenvalue weighted by Gasteiger charge is -2.30. The number of quaternary nitrogens is 1. The molecule has 1 saturated heterocycles. The average molecular weight is 308 g/mol. The number of carbonyl (C=O) groups excluding carboxylic acids is 2. The minimum absolute atomic E-state index is 0.0207. The Morgan fingerprint density at radius 3 is 2.68 bits per heavy atom. The third-order valence-corrected chi connectivity index (χ3v) is 4.04. The van der Waals surface area contributed by atoms with Gasteiger partial charge in [-0.1, -0.05) is 0 Å². The Balaban J connectivity index is 1.70. The standard InChI is InChI=1S/C16H25N3O3/c1-18(2)9-4-8-17-15(20)13-6-10-19(11-7-13)16(21)14-5-3-12-22-14/h3,5,12-13H,4,6-11H2,1-2H3,(H,17,20)/p+1. The molecule has 1 aliphatic rings. The van der Waals surface area contributed by atoms with E-state index in [1.165, 1.54) is 11.2 Å². The van der Waals surface area contributed by atoms with Gasteiger partial charge < -0.3 is 19.5 Å². The quantitative estimate of drug-likeness (QED) is 0.714. The van der Waals surface area contributed by atoms with E-state index in [9.17, 15) is 9.59 Å². The fourth-order valence-corrected chi connectivity index (χ4v) is 2.70. The van der Waals surface area contributed by atoms with E-state index in [0.29, 0.717) is 18.8 Å². The van der Waals surface area contributed by atoms with Crippen molar-refractivity contribution in [2.24, 2.45) is 5.92 Å². The number of nitrogens with zero attached hydrogens (tertiary/aromatic N) is 1. The normalized spacial score (nSPS) is 16.0. The van der Waals surface area contributed by atoms with Crippen LogP contribution in [0.15, 0.2) is 22.8 Å². The number of hydrogen-bond donors (Lipinski definition) is 2. The fourth-order valence-electron chi connectivity index (χ4n) is 2.70. The molecule has 6 nitrogen and oxygen atoms in total. The highest BCUT2D eigenvalue weighted by atomic mass is 16.3. The smallest absolute Gasteiger partial charge is 0.289 e. The summed E-state index contributed by atoms with van der Waals surface area (Å²) in [6, 6.07) is 3.39. The Morgan fingerprint density at radius 1 is 1.36 bits per heavy atom. The molecule has 0 atom stereocenters. The first-order valence-corrected chi connectivity index (χ1v) is 7.97. The van der Waals surface area contributed by atoms with Crippen molar-refractivity contribution >= 4 is 11.8 Å². The Bertz CT molecular complexity index is 477. The van der Waals surface area contributed by atoms with Crippen molar-refractivity contribution in [3.05, 3.63) is 24.2 Å². The number of furan rings is 1. The summed E-state index contributed by atoms with van der Waals surface area (Å²) in [5.41, 5.74) is 0. The summed E-state index contributed by atoms with van der Waals surface area (Å²) in [7, 11) is 4.21. The van der Waals surface area contributed by atoms with Crippen LogP contribution < -0.4 is 10.2 Å². The third-order valence-electron chi connectivity index (χ3n) is 4.04. The van der Waals surface area contributed by atoms with Crippen LogP contribution in [0.5, 0.6) is 0 Å². The molecule has 2 rings (SSSR count). The van der Waals surface area contributed by atoms with Crippen LogP contribution in [0.4, 0.5) is 0 Å². The van der Waals surface area contributed by atoms with E-state index in [-0.39, 0.29) is 17.7 Å². The molecule has 2 N–H and O–H groups in total. The molecule has 1 fully saturated rings. The van der Waals surface area contributed by atoms with Gasteiger partial charge in [0.2, 0.25) is 5.91 Å². The van der Waals surface area contributed by atoms with Crippen LogP contribution in [0.2, 0.25) is 0 Å². The lowest BCUT2D eigenvalue weighted by molar-refractivity contribution is -0.858. The molecule has 0 unspecified atom stereocenters. The largest absolute Gasteiger partial charge is 0.459 e. The zero-order valence-corrected chi connectivity index (χ0v) is 13.4. The molecule has 0 bridgehead atoms. The molecule has 0 aliphatic carbocycles. The summed E-state index contributed by atoms with van der Waals surface area (Å²) in [4.78, 5) is 27.4. The molecule has 1 aliphatic heterocycles. The maximum Gasteiger partial charge on any atom is 0.289 e. The molecule has 22 heavy (non-hydrogen) atoms. The van der Waals surface area contributed by atoms with Crippen LogP contribution in [0.3, 0.4) is 0 Å². The zero-order chi connectivity index (χ0) is 15.9. The second-order valence-electron chi connectivity index (χ2n) is 6.15. The number of rotatable bonds is 6. The second-order valence-corrected chi connectivity index (χ2v) is 6.15. The van der Waals surface area contributed by atoms with E-state index in [2.05, 4.69) is 19.4 Å². The van der Waals surface area contributed by atoms with Gasteiger partial charge in [0.15, 0.2) is 5.76 Å². The van der Waals surface area contributed by atoms with Gasteiger partial charge in [-0.3, -0.25) is 9.59 Å². The molecule has 2 amide bonds. The fraction of sp³-hybridized carbons (Fsp3) is 0.625. The van der Waals surface area contributed by atoms with Crippen molar-refractivity contribution in [3.8, 4) is 0 Å². The molecule has 1 aromatic rings. The van der Waals surface area contributed by atoms with Crippen molar-refractivity contribution in [1.29, 1.82) is 0 Å². The Labute approximate surface area is 131 Å². The minimum atomic E-state index is -0.0854. The highest BCUT2D eigenvalue weighted by molar-refractivity contribution is 5.91. The van der Waals surface area contributed by atoms with E-state index in [1.54, 1.807) is 17.0 Å². The summed E-state index contributed by atoms with van der Waals surface area (Å²) in [6.07, 6.45) is 3.93. The van der Waals surface area contributed by atoms with Gasteiger partial charge in [-0.05, 0) is 25.0 Å². The number of hydrogen-bond acceptors (Lipinski definition) is 3. The van der Waals surface area contributed by atoms with Crippen LogP contribution in [0.1, 0.15) is 29.8 Å². The van der Waals surface area contributed by atoms with Crippen molar-refractivity contribution in [1.82, 2.24) is 10.2 Å². The van der Waals surface area contributed by atoms with Gasteiger partial charge in [0.05, 0.1) is 26.9 Å². The molecule has 122 valence electrons. The van der Waals surface area contributed by atoms with Gasteiger partial charge >= 0.3 is 0 Å².